The van der Waals surface area contributed by atoms with Crippen molar-refractivity contribution in [1.82, 2.24) is 0 Å². The van der Waals surface area contributed by atoms with Crippen molar-refractivity contribution in [3.63, 3.8) is 0 Å². The molecule has 2 aromatic carbocycles. The highest BCUT2D eigenvalue weighted by molar-refractivity contribution is 7.91. The van der Waals surface area contributed by atoms with Gasteiger partial charge in [-0.05, 0) is 29.8 Å². The molecule has 0 radical (unpaired) electrons. The molecule has 1 aliphatic carbocycles. The summed E-state index contributed by atoms with van der Waals surface area (Å²) in [5.74, 6) is -5.90. The number of anilines is 1. The number of sulfone groups is 1. The minimum atomic E-state index is -4.01. The Hall–Kier alpha value is -2.07. The number of nitrogens with zero attached hydrogens (tertiary/aromatic N) is 1. The number of Topliss-reactive ketones (excluding diaryl/α,β-unsaturated/α-hetero) is 1. The summed E-state index contributed by atoms with van der Waals surface area (Å²) in [6.45, 7) is -0.0395. The molecule has 2 atom stereocenters. The smallest absolute Gasteiger partial charge is 0.252 e. The summed E-state index contributed by atoms with van der Waals surface area (Å²) in [6, 6.07) is 7.50. The average molecular weight is 503 g/mol. The zero-order valence-electron chi connectivity index (χ0n) is 16.5. The molecule has 170 valence electrons. The topological polar surface area (TPSA) is 97.5 Å². The van der Waals surface area contributed by atoms with E-state index in [1.54, 1.807) is 24.3 Å². The number of alkyl halides is 2. The maximum atomic E-state index is 13.3. The quantitative estimate of drug-likeness (QED) is 0.625. The first-order chi connectivity index (χ1) is 14.9. The van der Waals surface area contributed by atoms with Crippen LogP contribution in [0.5, 0.6) is 0 Å². The molecule has 2 aromatic rings. The number of rotatable bonds is 5. The van der Waals surface area contributed by atoms with Gasteiger partial charge in [-0.3, -0.25) is 9.59 Å². The van der Waals surface area contributed by atoms with Crippen LogP contribution in [0.1, 0.15) is 28.8 Å². The highest BCUT2D eigenvalue weighted by atomic mass is 35.5. The van der Waals surface area contributed by atoms with Crippen LogP contribution in [0.4, 0.5) is 14.5 Å². The van der Waals surface area contributed by atoms with Gasteiger partial charge in [0.1, 0.15) is 0 Å². The molecule has 1 saturated carbocycles. The van der Waals surface area contributed by atoms with E-state index in [0.717, 1.165) is 6.07 Å². The molecule has 0 aromatic heterocycles. The van der Waals surface area contributed by atoms with Crippen LogP contribution >= 0.6 is 23.2 Å². The van der Waals surface area contributed by atoms with Crippen LogP contribution in [0, 0.1) is 5.92 Å². The Morgan fingerprint density at radius 2 is 1.81 bits per heavy atom. The maximum absolute atomic E-state index is 13.3. The number of halogens is 4. The Morgan fingerprint density at radius 1 is 1.19 bits per heavy atom. The number of carbonyl (C=O) groups is 2. The van der Waals surface area contributed by atoms with Gasteiger partial charge < -0.3 is 10.6 Å². The maximum Gasteiger partial charge on any atom is 0.252 e. The van der Waals surface area contributed by atoms with E-state index in [0.29, 0.717) is 10.6 Å². The van der Waals surface area contributed by atoms with Crippen molar-refractivity contribution in [2.75, 3.05) is 10.7 Å². The number of nitrogens with two attached hydrogens (primary N) is 1. The van der Waals surface area contributed by atoms with Crippen molar-refractivity contribution < 1.29 is 26.8 Å². The molecule has 4 rings (SSSR count). The molecule has 32 heavy (non-hydrogen) atoms. The molecule has 2 aliphatic rings. The predicted molar refractivity (Wildman–Crippen MR) is 116 cm³/mol. The van der Waals surface area contributed by atoms with E-state index >= 15 is 0 Å². The van der Waals surface area contributed by atoms with Gasteiger partial charge in [0.05, 0.1) is 33.9 Å². The third-order valence-electron chi connectivity index (χ3n) is 5.60. The standard InChI is InChI=1S/C21H18Cl2F2N2O4S/c22-13-3-1-11(2-4-13)9-27-17-6-14(18(28)5-12-8-21(12,24)25)15(23)7-19(17)32(30,31)10-16(26)20(27)29/h1-4,6-7,12,16H,5,8-10,26H2/t12-,16+/m1/s1. The number of hydrogen-bond donors (Lipinski definition) is 1. The SMILES string of the molecule is N[C@H]1CS(=O)(=O)c2cc(Cl)c(C(=O)C[C@@H]3CC3(F)F)cc2N(Cc2ccc(Cl)cc2)C1=O. The van der Waals surface area contributed by atoms with E-state index in [2.05, 4.69) is 0 Å². The molecule has 11 heteroatoms. The average Bonchev–Trinajstić information content (AvgIpc) is 3.32. The first-order valence-electron chi connectivity index (χ1n) is 9.68. The molecule has 0 spiro atoms. The lowest BCUT2D eigenvalue weighted by molar-refractivity contribution is -0.119. The Kier molecular flexibility index (Phi) is 5.82. The number of hydrogen-bond acceptors (Lipinski definition) is 5. The fraction of sp³-hybridized carbons (Fsp3) is 0.333. The normalized spacial score (nSPS) is 23.4. The number of benzene rings is 2. The Labute approximate surface area is 193 Å². The van der Waals surface area contributed by atoms with Gasteiger partial charge in [0.2, 0.25) is 5.91 Å². The number of ketones is 1. The van der Waals surface area contributed by atoms with Crippen molar-refractivity contribution in [2.24, 2.45) is 11.7 Å². The van der Waals surface area contributed by atoms with Gasteiger partial charge in [0.15, 0.2) is 15.6 Å². The Bertz CT molecular complexity index is 1220. The second kappa shape index (κ2) is 8.06. The lowest BCUT2D eigenvalue weighted by atomic mass is 10.0. The van der Waals surface area contributed by atoms with Crippen molar-refractivity contribution in [1.29, 1.82) is 0 Å². The molecule has 1 amide bonds. The van der Waals surface area contributed by atoms with E-state index in [-0.39, 0.29) is 34.1 Å². The van der Waals surface area contributed by atoms with Crippen LogP contribution < -0.4 is 10.6 Å². The molecule has 2 N–H and O–H groups in total. The van der Waals surface area contributed by atoms with Crippen LogP contribution in [0.3, 0.4) is 0 Å². The van der Waals surface area contributed by atoms with Gasteiger partial charge in [-0.1, -0.05) is 35.3 Å². The second-order valence-corrected chi connectivity index (χ2v) is 10.9. The van der Waals surface area contributed by atoms with Crippen molar-refractivity contribution in [3.05, 3.63) is 57.6 Å². The highest BCUT2D eigenvalue weighted by Gasteiger charge is 2.57. The molecule has 1 heterocycles. The van der Waals surface area contributed by atoms with E-state index in [4.69, 9.17) is 28.9 Å². The van der Waals surface area contributed by atoms with Crippen LogP contribution in [0.2, 0.25) is 10.0 Å². The van der Waals surface area contributed by atoms with Crippen LogP contribution in [0.15, 0.2) is 41.3 Å². The van der Waals surface area contributed by atoms with E-state index in [1.165, 1.54) is 11.0 Å². The Balaban J connectivity index is 1.80. The summed E-state index contributed by atoms with van der Waals surface area (Å²) in [5.41, 5.74) is 6.33. The van der Waals surface area contributed by atoms with Crippen LogP contribution in [-0.4, -0.2) is 37.8 Å². The fourth-order valence-electron chi connectivity index (χ4n) is 3.69. The molecule has 0 unspecified atom stereocenters. The minimum absolute atomic E-state index is 0.0395. The number of carbonyl (C=O) groups excluding carboxylic acids is 2. The second-order valence-electron chi connectivity index (χ2n) is 8.03. The monoisotopic (exact) mass is 502 g/mol. The van der Waals surface area contributed by atoms with E-state index in [1.807, 2.05) is 0 Å². The summed E-state index contributed by atoms with van der Waals surface area (Å²) in [4.78, 5) is 26.6. The summed E-state index contributed by atoms with van der Waals surface area (Å²) in [6.07, 6.45) is -0.811. The van der Waals surface area contributed by atoms with E-state index in [9.17, 15) is 26.8 Å². The number of amides is 1. The van der Waals surface area contributed by atoms with Gasteiger partial charge in [-0.15, -0.1) is 0 Å². The summed E-state index contributed by atoms with van der Waals surface area (Å²) in [5, 5.41) is 0.294. The van der Waals surface area contributed by atoms with Crippen LogP contribution in [-0.2, 0) is 21.2 Å². The van der Waals surface area contributed by atoms with Gasteiger partial charge in [-0.2, -0.15) is 0 Å². The van der Waals surface area contributed by atoms with Crippen molar-refractivity contribution in [3.8, 4) is 0 Å². The summed E-state index contributed by atoms with van der Waals surface area (Å²) >= 11 is 12.1. The number of fused-ring (bicyclic) bond motifs is 1. The largest absolute Gasteiger partial charge is 0.319 e. The lowest BCUT2D eigenvalue weighted by Crippen LogP contribution is -2.45. The molecular formula is C21H18Cl2F2N2O4S. The molecule has 6 nitrogen and oxygen atoms in total. The third kappa shape index (κ3) is 4.39. The first-order valence-corrected chi connectivity index (χ1v) is 12.1. The summed E-state index contributed by atoms with van der Waals surface area (Å²) in [7, 11) is -4.01. The van der Waals surface area contributed by atoms with Crippen molar-refractivity contribution in [2.45, 2.75) is 36.2 Å². The van der Waals surface area contributed by atoms with E-state index < -0.39 is 51.6 Å². The third-order valence-corrected chi connectivity index (χ3v) is 7.96. The minimum Gasteiger partial charge on any atom is -0.319 e. The van der Waals surface area contributed by atoms with Crippen LogP contribution in [0.25, 0.3) is 0 Å². The van der Waals surface area contributed by atoms with Gasteiger partial charge >= 0.3 is 0 Å². The molecule has 0 saturated heterocycles. The predicted octanol–water partition coefficient (Wildman–Crippen LogP) is 3.87. The zero-order valence-corrected chi connectivity index (χ0v) is 18.9. The molecule has 1 fully saturated rings. The van der Waals surface area contributed by atoms with Gasteiger partial charge in [-0.25, -0.2) is 17.2 Å². The Morgan fingerprint density at radius 3 is 2.41 bits per heavy atom. The molecule has 0 bridgehead atoms. The lowest BCUT2D eigenvalue weighted by Gasteiger charge is -2.25. The first kappa shape index (κ1) is 23.1. The zero-order chi connectivity index (χ0) is 23.4. The summed E-state index contributed by atoms with van der Waals surface area (Å²) < 4.78 is 52.3. The van der Waals surface area contributed by atoms with Gasteiger partial charge in [0.25, 0.3) is 5.92 Å². The fourth-order valence-corrected chi connectivity index (χ4v) is 5.73. The van der Waals surface area contributed by atoms with Gasteiger partial charge in [0, 0.05) is 29.3 Å². The van der Waals surface area contributed by atoms with Crippen molar-refractivity contribution >= 4 is 50.4 Å². The molecule has 1 aliphatic heterocycles. The molecular weight excluding hydrogens is 485 g/mol. The highest BCUT2D eigenvalue weighted by Crippen LogP contribution is 2.51.